The van der Waals surface area contributed by atoms with Crippen LogP contribution in [0.3, 0.4) is 0 Å². The van der Waals surface area contributed by atoms with Gasteiger partial charge in [0.15, 0.2) is 0 Å². The van der Waals surface area contributed by atoms with Gasteiger partial charge in [-0.05, 0) is 12.0 Å². The van der Waals surface area contributed by atoms with Crippen molar-refractivity contribution in [2.75, 3.05) is 5.75 Å². The van der Waals surface area contributed by atoms with Crippen molar-refractivity contribution in [3.8, 4) is 0 Å². The summed E-state index contributed by atoms with van der Waals surface area (Å²) in [6.07, 6.45) is 0.406. The fraction of sp³-hybridized carbons (Fsp3) is 0.300. The van der Waals surface area contributed by atoms with Gasteiger partial charge < -0.3 is 1.43 Å². The molecule has 1 N–H and O–H groups in total. The van der Waals surface area contributed by atoms with Gasteiger partial charge in [-0.25, -0.2) is 8.42 Å². The Morgan fingerprint density at radius 1 is 1.31 bits per heavy atom. The van der Waals surface area contributed by atoms with Crippen molar-refractivity contribution in [3.05, 3.63) is 35.9 Å². The molecule has 1 aromatic rings. The van der Waals surface area contributed by atoms with E-state index in [2.05, 4.69) is 0 Å². The molecule has 0 aliphatic carbocycles. The van der Waals surface area contributed by atoms with E-state index in [1.54, 1.807) is 0 Å². The number of sulfonamides is 1. The largest absolute Gasteiger partial charge is 1.00 e. The molecule has 0 bridgehead atoms. The first-order chi connectivity index (χ1) is 6.99. The van der Waals surface area contributed by atoms with E-state index in [0.717, 1.165) is 5.56 Å². The second kappa shape index (κ2) is 7.06. The van der Waals surface area contributed by atoms with Crippen LogP contribution in [0.4, 0.5) is 0 Å². The number of aryl methyl sites for hydroxylation is 1. The fourth-order valence-electron chi connectivity index (χ4n) is 1.17. The summed E-state index contributed by atoms with van der Waals surface area (Å²) in [6.45, 7) is 1.18. The first-order valence-corrected chi connectivity index (χ1v) is 6.20. The predicted molar refractivity (Wildman–Crippen MR) is 58.9 cm³/mol. The van der Waals surface area contributed by atoms with Gasteiger partial charge in [0.25, 0.3) is 0 Å². The van der Waals surface area contributed by atoms with Crippen LogP contribution in [-0.4, -0.2) is 20.1 Å². The van der Waals surface area contributed by atoms with E-state index >= 15 is 0 Å². The molecule has 0 heterocycles. The minimum atomic E-state index is -3.48. The smallest absolute Gasteiger partial charge is 1.00 e. The summed E-state index contributed by atoms with van der Waals surface area (Å²) in [6, 6.07) is 9.26. The average Bonchev–Trinajstić information content (AvgIpc) is 2.15. The number of nitrogens with one attached hydrogen (secondary N) is 1. The molecule has 0 atom stereocenters. The Morgan fingerprint density at radius 2 is 1.88 bits per heavy atom. The van der Waals surface area contributed by atoms with Crippen LogP contribution in [0, 0.1) is 0 Å². The summed E-state index contributed by atoms with van der Waals surface area (Å²) < 4.78 is 24.5. The quantitative estimate of drug-likeness (QED) is 0.618. The molecule has 0 unspecified atom stereocenters. The first kappa shape index (κ1) is 15.6. The molecule has 0 aromatic heterocycles. The van der Waals surface area contributed by atoms with Gasteiger partial charge in [0, 0.05) is 6.92 Å². The van der Waals surface area contributed by atoms with Crippen molar-refractivity contribution < 1.29 is 44.2 Å². The summed E-state index contributed by atoms with van der Waals surface area (Å²) in [7, 11) is -3.48. The third-order valence-electron chi connectivity index (χ3n) is 1.80. The molecule has 1 amide bonds. The first-order valence-electron chi connectivity index (χ1n) is 4.54. The molecule has 0 radical (unpaired) electrons. The number of rotatable bonds is 4. The van der Waals surface area contributed by atoms with Gasteiger partial charge in [0.05, 0.1) is 5.75 Å². The monoisotopic (exact) mass is 251 g/mol. The number of carbonyl (C=O) groups excluding carboxylic acids is 1. The molecule has 4 nitrogen and oxygen atoms in total. The van der Waals surface area contributed by atoms with E-state index in [1.165, 1.54) is 6.92 Å². The molecule has 6 heteroatoms. The maximum atomic E-state index is 11.3. The average molecular weight is 251 g/mol. The maximum absolute atomic E-state index is 11.3. The molecule has 0 aliphatic rings. The molecular weight excluding hydrogens is 237 g/mol. The van der Waals surface area contributed by atoms with Gasteiger partial charge in [-0.15, -0.1) is 0 Å². The molecule has 1 rings (SSSR count). The molecule has 0 saturated heterocycles. The van der Waals surface area contributed by atoms with Gasteiger partial charge in [0.1, 0.15) is 0 Å². The van der Waals surface area contributed by atoms with Crippen LogP contribution in [0.5, 0.6) is 0 Å². The van der Waals surface area contributed by atoms with Crippen LogP contribution < -0.4 is 34.3 Å². The van der Waals surface area contributed by atoms with Crippen molar-refractivity contribution in [1.82, 2.24) is 4.72 Å². The number of benzene rings is 1. The predicted octanol–water partition coefficient (Wildman–Crippen LogP) is -2.19. The van der Waals surface area contributed by atoms with E-state index < -0.39 is 15.9 Å². The second-order valence-electron chi connectivity index (χ2n) is 3.21. The molecule has 0 aliphatic heterocycles. The normalized spacial score (nSPS) is 10.3. The Labute approximate surface area is 119 Å². The van der Waals surface area contributed by atoms with Crippen molar-refractivity contribution in [1.29, 1.82) is 0 Å². The van der Waals surface area contributed by atoms with Crippen molar-refractivity contribution in [3.63, 3.8) is 0 Å². The SMILES string of the molecule is CC(=O)NS(=O)(=O)CCc1ccccc1.[H-].[Na+]. The van der Waals surface area contributed by atoms with Crippen molar-refractivity contribution in [2.24, 2.45) is 0 Å². The zero-order chi connectivity index (χ0) is 11.3. The van der Waals surface area contributed by atoms with Crippen LogP contribution in [0.1, 0.15) is 13.9 Å². The minimum absolute atomic E-state index is 0. The van der Waals surface area contributed by atoms with Crippen LogP contribution >= 0.6 is 0 Å². The van der Waals surface area contributed by atoms with Gasteiger partial charge in [-0.2, -0.15) is 0 Å². The van der Waals surface area contributed by atoms with Gasteiger partial charge >= 0.3 is 29.6 Å². The molecular formula is C10H14NNaO3S. The number of hydrogen-bond donors (Lipinski definition) is 1. The van der Waals surface area contributed by atoms with E-state index in [-0.39, 0.29) is 36.7 Å². The molecule has 84 valence electrons. The summed E-state index contributed by atoms with van der Waals surface area (Å²) >= 11 is 0. The van der Waals surface area contributed by atoms with E-state index in [4.69, 9.17) is 0 Å². The Morgan fingerprint density at radius 3 is 2.38 bits per heavy atom. The standard InChI is InChI=1S/C10H13NO3S.Na.H/c1-9(12)11-15(13,14)8-7-10-5-3-2-4-6-10;;/h2-6H,7-8H2,1H3,(H,11,12);;/q;+1;-1. The van der Waals surface area contributed by atoms with Crippen LogP contribution in [0.15, 0.2) is 30.3 Å². The van der Waals surface area contributed by atoms with E-state index in [9.17, 15) is 13.2 Å². The van der Waals surface area contributed by atoms with E-state index in [1.807, 2.05) is 35.1 Å². The van der Waals surface area contributed by atoms with Crippen LogP contribution in [0.2, 0.25) is 0 Å². The Kier molecular flexibility index (Phi) is 6.90. The topological polar surface area (TPSA) is 63.2 Å². The molecule has 1 aromatic carbocycles. The van der Waals surface area contributed by atoms with Gasteiger partial charge in [-0.1, -0.05) is 30.3 Å². The van der Waals surface area contributed by atoms with E-state index in [0.29, 0.717) is 6.42 Å². The third kappa shape index (κ3) is 6.27. The summed E-state index contributed by atoms with van der Waals surface area (Å²) in [4.78, 5) is 10.6. The molecule has 16 heavy (non-hydrogen) atoms. The van der Waals surface area contributed by atoms with Gasteiger partial charge in [-0.3, -0.25) is 9.52 Å². The number of amides is 1. The molecule has 0 spiro atoms. The van der Waals surface area contributed by atoms with Gasteiger partial charge in [0.2, 0.25) is 15.9 Å². The Hall–Kier alpha value is -0.360. The number of hydrogen-bond acceptors (Lipinski definition) is 3. The maximum Gasteiger partial charge on any atom is 1.00 e. The zero-order valence-electron chi connectivity index (χ0n) is 10.4. The second-order valence-corrected chi connectivity index (χ2v) is 5.05. The zero-order valence-corrected chi connectivity index (χ0v) is 12.3. The summed E-state index contributed by atoms with van der Waals surface area (Å²) in [5.74, 6) is -0.626. The summed E-state index contributed by atoms with van der Waals surface area (Å²) in [5.41, 5.74) is 0.937. The van der Waals surface area contributed by atoms with Crippen molar-refractivity contribution in [2.45, 2.75) is 13.3 Å². The summed E-state index contributed by atoms with van der Waals surface area (Å²) in [5, 5.41) is 0. The Balaban J connectivity index is 0. The fourth-order valence-corrected chi connectivity index (χ4v) is 2.21. The van der Waals surface area contributed by atoms with Crippen LogP contribution in [0.25, 0.3) is 0 Å². The molecule has 0 fully saturated rings. The van der Waals surface area contributed by atoms with Crippen molar-refractivity contribution >= 4 is 15.9 Å². The number of carbonyl (C=O) groups is 1. The third-order valence-corrected chi connectivity index (χ3v) is 3.14. The molecule has 0 saturated carbocycles. The minimum Gasteiger partial charge on any atom is -1.00 e. The van der Waals surface area contributed by atoms with Crippen LogP contribution in [-0.2, 0) is 21.2 Å². The Bertz CT molecular complexity index is 436.